The Hall–Kier alpha value is -2.48. The number of ether oxygens (including phenoxy) is 1. The van der Waals surface area contributed by atoms with Gasteiger partial charge in [0.25, 0.3) is 0 Å². The van der Waals surface area contributed by atoms with E-state index in [2.05, 4.69) is 25.4 Å². The molecule has 0 spiro atoms. The van der Waals surface area contributed by atoms with Gasteiger partial charge in [-0.05, 0) is 26.0 Å². The molecule has 0 aliphatic carbocycles. The highest BCUT2D eigenvalue weighted by molar-refractivity contribution is 5.38. The Kier molecular flexibility index (Phi) is 4.83. The quantitative estimate of drug-likeness (QED) is 0.597. The topological polar surface area (TPSA) is 102 Å². The molecule has 2 aromatic rings. The van der Waals surface area contributed by atoms with E-state index in [-0.39, 0.29) is 12.0 Å². The maximum absolute atomic E-state index is 5.37. The van der Waals surface area contributed by atoms with Crippen molar-refractivity contribution in [3.63, 3.8) is 0 Å². The van der Waals surface area contributed by atoms with Crippen LogP contribution in [0.2, 0.25) is 0 Å². The molecule has 0 aromatic carbocycles. The molecule has 2 rings (SSSR count). The van der Waals surface area contributed by atoms with Crippen LogP contribution in [0.15, 0.2) is 18.2 Å². The lowest BCUT2D eigenvalue weighted by Crippen LogP contribution is -2.26. The Morgan fingerprint density at radius 2 is 2.05 bits per heavy atom. The molecule has 2 aromatic heterocycles. The first kappa shape index (κ1) is 14.9. The zero-order chi connectivity index (χ0) is 15.2. The number of hydrogen-bond acceptors (Lipinski definition) is 8. The van der Waals surface area contributed by atoms with Crippen molar-refractivity contribution in [2.45, 2.75) is 20.4 Å². The van der Waals surface area contributed by atoms with Crippen LogP contribution in [0, 0.1) is 6.92 Å². The second-order valence-corrected chi connectivity index (χ2v) is 4.37. The van der Waals surface area contributed by atoms with Gasteiger partial charge in [-0.15, -0.1) is 0 Å². The summed E-state index contributed by atoms with van der Waals surface area (Å²) < 4.78 is 5.06. The highest BCUT2D eigenvalue weighted by Gasteiger charge is 2.13. The summed E-state index contributed by atoms with van der Waals surface area (Å²) in [5.74, 6) is 6.11. The summed E-state index contributed by atoms with van der Waals surface area (Å²) in [6, 6.07) is 6.12. The molecular weight excluding hydrogens is 270 g/mol. The first-order chi connectivity index (χ1) is 10.2. The standard InChI is InChI=1S/C13H19N7O/c1-4-20(8-10-7-5-6-9(2)15-10)12-16-11(19-14)17-13(18-12)21-3/h5-7H,4,8,14H2,1-3H3,(H,16,17,18,19). The minimum Gasteiger partial charge on any atom is -0.467 e. The minimum absolute atomic E-state index is 0.212. The smallest absolute Gasteiger partial charge is 0.322 e. The number of aryl methyl sites for hydroxylation is 1. The fraction of sp³-hybridized carbons (Fsp3) is 0.385. The van der Waals surface area contributed by atoms with Gasteiger partial charge in [0.15, 0.2) is 0 Å². The predicted octanol–water partition coefficient (Wildman–Crippen LogP) is 0.896. The molecule has 2 heterocycles. The first-order valence-corrected chi connectivity index (χ1v) is 6.60. The van der Waals surface area contributed by atoms with Crippen molar-refractivity contribution >= 4 is 11.9 Å². The SMILES string of the molecule is CCN(Cc1cccc(C)n1)c1nc(NN)nc(OC)n1. The molecule has 0 unspecified atom stereocenters. The number of hydrazine groups is 1. The molecule has 112 valence electrons. The van der Waals surface area contributed by atoms with Crippen LogP contribution in [0.4, 0.5) is 11.9 Å². The average Bonchev–Trinajstić information content (AvgIpc) is 2.52. The number of nitrogens with one attached hydrogen (secondary N) is 1. The predicted molar refractivity (Wildman–Crippen MR) is 79.9 cm³/mol. The fourth-order valence-corrected chi connectivity index (χ4v) is 1.85. The number of pyridine rings is 1. The van der Waals surface area contributed by atoms with E-state index in [0.717, 1.165) is 11.4 Å². The third-order valence-corrected chi connectivity index (χ3v) is 2.88. The molecule has 0 saturated carbocycles. The van der Waals surface area contributed by atoms with Crippen molar-refractivity contribution < 1.29 is 4.74 Å². The summed E-state index contributed by atoms with van der Waals surface area (Å²) in [6.45, 7) is 5.28. The molecule has 0 radical (unpaired) electrons. The number of nitrogens with two attached hydrogens (primary N) is 1. The molecule has 8 nitrogen and oxygen atoms in total. The normalized spacial score (nSPS) is 10.3. The second-order valence-electron chi connectivity index (χ2n) is 4.37. The Labute approximate surface area is 123 Å². The molecule has 8 heteroatoms. The summed E-state index contributed by atoms with van der Waals surface area (Å²) in [5.41, 5.74) is 4.33. The maximum Gasteiger partial charge on any atom is 0.322 e. The van der Waals surface area contributed by atoms with E-state index in [4.69, 9.17) is 10.6 Å². The fourth-order valence-electron chi connectivity index (χ4n) is 1.85. The van der Waals surface area contributed by atoms with Crippen molar-refractivity contribution in [2.75, 3.05) is 24.0 Å². The lowest BCUT2D eigenvalue weighted by molar-refractivity contribution is 0.378. The summed E-state index contributed by atoms with van der Waals surface area (Å²) in [6.07, 6.45) is 0. The summed E-state index contributed by atoms with van der Waals surface area (Å²) >= 11 is 0. The molecule has 0 aliphatic heterocycles. The molecule has 0 aliphatic rings. The van der Waals surface area contributed by atoms with Crippen molar-refractivity contribution in [1.29, 1.82) is 0 Å². The van der Waals surface area contributed by atoms with Gasteiger partial charge in [-0.1, -0.05) is 6.07 Å². The van der Waals surface area contributed by atoms with E-state index in [9.17, 15) is 0 Å². The van der Waals surface area contributed by atoms with Crippen molar-refractivity contribution in [3.8, 4) is 6.01 Å². The number of rotatable bonds is 6. The van der Waals surface area contributed by atoms with E-state index in [1.807, 2.05) is 36.9 Å². The van der Waals surface area contributed by atoms with Gasteiger partial charge in [0.1, 0.15) is 0 Å². The first-order valence-electron chi connectivity index (χ1n) is 6.60. The molecule has 3 N–H and O–H groups in total. The zero-order valence-electron chi connectivity index (χ0n) is 12.4. The van der Waals surface area contributed by atoms with E-state index >= 15 is 0 Å². The monoisotopic (exact) mass is 289 g/mol. The third kappa shape index (κ3) is 3.76. The average molecular weight is 289 g/mol. The van der Waals surface area contributed by atoms with Crippen LogP contribution in [-0.4, -0.2) is 33.6 Å². The Morgan fingerprint density at radius 1 is 1.24 bits per heavy atom. The van der Waals surface area contributed by atoms with Crippen LogP contribution < -0.4 is 20.9 Å². The van der Waals surface area contributed by atoms with E-state index in [0.29, 0.717) is 19.0 Å². The lowest BCUT2D eigenvalue weighted by atomic mass is 10.3. The van der Waals surface area contributed by atoms with Gasteiger partial charge in [-0.3, -0.25) is 10.4 Å². The highest BCUT2D eigenvalue weighted by Crippen LogP contribution is 2.16. The van der Waals surface area contributed by atoms with Crippen LogP contribution in [-0.2, 0) is 6.54 Å². The van der Waals surface area contributed by atoms with Crippen LogP contribution in [0.5, 0.6) is 6.01 Å². The van der Waals surface area contributed by atoms with Crippen molar-refractivity contribution in [1.82, 2.24) is 19.9 Å². The van der Waals surface area contributed by atoms with Gasteiger partial charge >= 0.3 is 6.01 Å². The van der Waals surface area contributed by atoms with Crippen LogP contribution in [0.3, 0.4) is 0 Å². The number of aromatic nitrogens is 4. The number of nitrogen functional groups attached to an aromatic ring is 1. The molecule has 0 atom stereocenters. The largest absolute Gasteiger partial charge is 0.467 e. The Balaban J connectivity index is 2.28. The van der Waals surface area contributed by atoms with Gasteiger partial charge in [0.05, 0.1) is 19.3 Å². The highest BCUT2D eigenvalue weighted by atomic mass is 16.5. The van der Waals surface area contributed by atoms with Crippen molar-refractivity contribution in [3.05, 3.63) is 29.6 Å². The van der Waals surface area contributed by atoms with E-state index in [1.54, 1.807) is 0 Å². The molecule has 0 saturated heterocycles. The van der Waals surface area contributed by atoms with Crippen molar-refractivity contribution in [2.24, 2.45) is 5.84 Å². The number of nitrogens with zero attached hydrogens (tertiary/aromatic N) is 5. The summed E-state index contributed by atoms with van der Waals surface area (Å²) in [5, 5.41) is 0. The number of methoxy groups -OCH3 is 1. The number of anilines is 2. The Morgan fingerprint density at radius 3 is 2.67 bits per heavy atom. The van der Waals surface area contributed by atoms with Crippen LogP contribution in [0.25, 0.3) is 0 Å². The number of hydrogen-bond donors (Lipinski definition) is 2. The minimum atomic E-state index is 0.212. The van der Waals surface area contributed by atoms with Gasteiger partial charge in [0.2, 0.25) is 11.9 Å². The molecule has 0 bridgehead atoms. The third-order valence-electron chi connectivity index (χ3n) is 2.88. The Bertz CT molecular complexity index is 583. The van der Waals surface area contributed by atoms with E-state index in [1.165, 1.54) is 7.11 Å². The summed E-state index contributed by atoms with van der Waals surface area (Å²) in [4.78, 5) is 18.9. The van der Waals surface area contributed by atoms with Gasteiger partial charge in [-0.2, -0.15) is 15.0 Å². The van der Waals surface area contributed by atoms with Gasteiger partial charge < -0.3 is 9.64 Å². The van der Waals surface area contributed by atoms with E-state index < -0.39 is 0 Å². The molecule has 21 heavy (non-hydrogen) atoms. The molecule has 0 amide bonds. The van der Waals surface area contributed by atoms with Crippen LogP contribution >= 0.6 is 0 Å². The lowest BCUT2D eigenvalue weighted by Gasteiger charge is -2.21. The zero-order valence-corrected chi connectivity index (χ0v) is 12.4. The maximum atomic E-state index is 5.37. The molecule has 0 fully saturated rings. The molecular formula is C13H19N7O. The van der Waals surface area contributed by atoms with Gasteiger partial charge in [-0.25, -0.2) is 5.84 Å². The van der Waals surface area contributed by atoms with Crippen LogP contribution in [0.1, 0.15) is 18.3 Å². The summed E-state index contributed by atoms with van der Waals surface area (Å²) in [7, 11) is 1.50. The van der Waals surface area contributed by atoms with Gasteiger partial charge in [0, 0.05) is 12.2 Å². The second kappa shape index (κ2) is 6.80.